The fraction of sp³-hybridized carbons (Fsp3) is 0.429. The summed E-state index contributed by atoms with van der Waals surface area (Å²) in [6, 6.07) is 5.41. The molecule has 1 aliphatic rings. The molecule has 5 nitrogen and oxygen atoms in total. The summed E-state index contributed by atoms with van der Waals surface area (Å²) in [5, 5.41) is 20.2. The molecule has 0 radical (unpaired) electrons. The average Bonchev–Trinajstić information content (AvgIpc) is 3.17. The van der Waals surface area contributed by atoms with Gasteiger partial charge in [0.25, 0.3) is 5.91 Å². The molecular weight excluding hydrogens is 242 g/mol. The van der Waals surface area contributed by atoms with Crippen molar-refractivity contribution in [3.05, 3.63) is 30.0 Å². The Morgan fingerprint density at radius 2 is 2.37 bits per heavy atom. The lowest BCUT2D eigenvalue weighted by atomic mass is 9.96. The number of hydrogen-bond acceptors (Lipinski definition) is 3. The van der Waals surface area contributed by atoms with Gasteiger partial charge in [-0.1, -0.05) is 0 Å². The van der Waals surface area contributed by atoms with Gasteiger partial charge in [-0.2, -0.15) is 5.10 Å². The van der Waals surface area contributed by atoms with Crippen molar-refractivity contribution in [1.82, 2.24) is 15.5 Å². The number of aliphatic hydroxyl groups is 1. The first-order chi connectivity index (χ1) is 9.12. The Bertz CT molecular complexity index is 618. The van der Waals surface area contributed by atoms with Crippen molar-refractivity contribution in [2.75, 3.05) is 6.61 Å². The number of carbonyl (C=O) groups excluding carboxylic acids is 1. The maximum atomic E-state index is 12.3. The van der Waals surface area contributed by atoms with E-state index in [4.69, 9.17) is 0 Å². The number of aromatic amines is 1. The van der Waals surface area contributed by atoms with Crippen molar-refractivity contribution < 1.29 is 9.90 Å². The Morgan fingerprint density at radius 3 is 3.05 bits per heavy atom. The molecular formula is C14H17N3O2. The van der Waals surface area contributed by atoms with E-state index in [0.717, 1.165) is 23.7 Å². The van der Waals surface area contributed by atoms with Crippen LogP contribution in [-0.4, -0.2) is 33.4 Å². The van der Waals surface area contributed by atoms with Crippen LogP contribution in [0.15, 0.2) is 24.4 Å². The SMILES string of the molecule is CC(CO)(NC(=O)c1ccc2[nH]ncc2c1)C1CC1. The molecule has 0 spiro atoms. The fourth-order valence-electron chi connectivity index (χ4n) is 2.41. The molecule has 1 fully saturated rings. The first-order valence-electron chi connectivity index (χ1n) is 6.49. The highest BCUT2D eigenvalue weighted by Gasteiger charge is 2.42. The van der Waals surface area contributed by atoms with Crippen LogP contribution in [0.3, 0.4) is 0 Å². The zero-order chi connectivity index (χ0) is 13.5. The highest BCUT2D eigenvalue weighted by atomic mass is 16.3. The quantitative estimate of drug-likeness (QED) is 0.777. The molecule has 0 saturated heterocycles. The lowest BCUT2D eigenvalue weighted by Gasteiger charge is -2.28. The Labute approximate surface area is 111 Å². The van der Waals surface area contributed by atoms with Crippen LogP contribution in [0.2, 0.25) is 0 Å². The summed E-state index contributed by atoms with van der Waals surface area (Å²) in [5.74, 6) is 0.241. The second kappa shape index (κ2) is 4.35. The summed E-state index contributed by atoms with van der Waals surface area (Å²) in [7, 11) is 0. The van der Waals surface area contributed by atoms with Crippen molar-refractivity contribution in [2.24, 2.45) is 5.92 Å². The summed E-state index contributed by atoms with van der Waals surface area (Å²) in [5.41, 5.74) is 0.987. The predicted octanol–water partition coefficient (Wildman–Crippen LogP) is 1.45. The van der Waals surface area contributed by atoms with Crippen LogP contribution in [0.1, 0.15) is 30.1 Å². The van der Waals surface area contributed by atoms with E-state index in [-0.39, 0.29) is 12.5 Å². The number of benzene rings is 1. The Kier molecular flexibility index (Phi) is 2.78. The number of H-pyrrole nitrogens is 1. The number of aliphatic hydroxyl groups excluding tert-OH is 1. The molecule has 1 amide bonds. The molecule has 19 heavy (non-hydrogen) atoms. The van der Waals surface area contributed by atoms with Crippen LogP contribution in [0.4, 0.5) is 0 Å². The van der Waals surface area contributed by atoms with Gasteiger partial charge in [0.05, 0.1) is 23.9 Å². The van der Waals surface area contributed by atoms with Gasteiger partial charge in [0.15, 0.2) is 0 Å². The molecule has 0 bridgehead atoms. The zero-order valence-corrected chi connectivity index (χ0v) is 10.8. The molecule has 1 aliphatic carbocycles. The van der Waals surface area contributed by atoms with Crippen molar-refractivity contribution in [3.8, 4) is 0 Å². The lowest BCUT2D eigenvalue weighted by molar-refractivity contribution is 0.0824. The van der Waals surface area contributed by atoms with Crippen LogP contribution in [0, 0.1) is 5.92 Å². The Morgan fingerprint density at radius 1 is 1.58 bits per heavy atom. The van der Waals surface area contributed by atoms with Gasteiger partial charge >= 0.3 is 0 Å². The van der Waals surface area contributed by atoms with Gasteiger partial charge in [0.2, 0.25) is 0 Å². The molecule has 3 rings (SSSR count). The largest absolute Gasteiger partial charge is 0.394 e. The molecule has 2 aromatic rings. The van der Waals surface area contributed by atoms with Crippen molar-refractivity contribution in [3.63, 3.8) is 0 Å². The number of amides is 1. The number of carbonyl (C=O) groups is 1. The van der Waals surface area contributed by atoms with Crippen LogP contribution in [0.5, 0.6) is 0 Å². The van der Waals surface area contributed by atoms with Crippen molar-refractivity contribution >= 4 is 16.8 Å². The molecule has 0 aliphatic heterocycles. The fourth-order valence-corrected chi connectivity index (χ4v) is 2.41. The van der Waals surface area contributed by atoms with Gasteiger partial charge in [-0.15, -0.1) is 0 Å². The van der Waals surface area contributed by atoms with E-state index in [2.05, 4.69) is 15.5 Å². The molecule has 3 N–H and O–H groups in total. The Balaban J connectivity index is 1.82. The van der Waals surface area contributed by atoms with Crippen LogP contribution >= 0.6 is 0 Å². The van der Waals surface area contributed by atoms with Gasteiger partial charge in [0.1, 0.15) is 0 Å². The van der Waals surface area contributed by atoms with Crippen LogP contribution in [-0.2, 0) is 0 Å². The van der Waals surface area contributed by atoms with Gasteiger partial charge < -0.3 is 10.4 Å². The molecule has 1 saturated carbocycles. The molecule has 1 heterocycles. The van der Waals surface area contributed by atoms with E-state index in [9.17, 15) is 9.90 Å². The van der Waals surface area contributed by atoms with Crippen LogP contribution in [0.25, 0.3) is 10.9 Å². The van der Waals surface area contributed by atoms with E-state index in [1.165, 1.54) is 0 Å². The van der Waals surface area contributed by atoms with E-state index in [1.807, 2.05) is 13.0 Å². The maximum absolute atomic E-state index is 12.3. The smallest absolute Gasteiger partial charge is 0.251 e. The highest BCUT2D eigenvalue weighted by molar-refractivity contribution is 5.98. The number of aromatic nitrogens is 2. The maximum Gasteiger partial charge on any atom is 0.251 e. The van der Waals surface area contributed by atoms with Crippen LogP contribution < -0.4 is 5.32 Å². The van der Waals surface area contributed by atoms with Crippen molar-refractivity contribution in [1.29, 1.82) is 0 Å². The number of nitrogens with one attached hydrogen (secondary N) is 2. The number of rotatable bonds is 4. The third-order valence-corrected chi connectivity index (χ3v) is 3.91. The van der Waals surface area contributed by atoms with Gasteiger partial charge in [-0.05, 0) is 43.9 Å². The summed E-state index contributed by atoms with van der Waals surface area (Å²) in [6.07, 6.45) is 3.83. The normalized spacial score (nSPS) is 18.2. The first kappa shape index (κ1) is 12.2. The highest BCUT2D eigenvalue weighted by Crippen LogP contribution is 2.39. The number of nitrogens with zero attached hydrogens (tertiary/aromatic N) is 1. The van der Waals surface area contributed by atoms with E-state index >= 15 is 0 Å². The van der Waals surface area contributed by atoms with E-state index < -0.39 is 5.54 Å². The summed E-state index contributed by atoms with van der Waals surface area (Å²) in [6.45, 7) is 1.87. The second-order valence-electron chi connectivity index (χ2n) is 5.48. The van der Waals surface area contributed by atoms with E-state index in [1.54, 1.807) is 18.3 Å². The van der Waals surface area contributed by atoms with E-state index in [0.29, 0.717) is 11.5 Å². The molecule has 100 valence electrons. The molecule has 1 aromatic carbocycles. The second-order valence-corrected chi connectivity index (χ2v) is 5.48. The van der Waals surface area contributed by atoms with Gasteiger partial charge in [-0.3, -0.25) is 9.89 Å². The van der Waals surface area contributed by atoms with Gasteiger partial charge in [-0.25, -0.2) is 0 Å². The minimum Gasteiger partial charge on any atom is -0.394 e. The summed E-state index contributed by atoms with van der Waals surface area (Å²) in [4.78, 5) is 12.3. The molecule has 5 heteroatoms. The minimum absolute atomic E-state index is 0.0304. The number of fused-ring (bicyclic) bond motifs is 1. The summed E-state index contributed by atoms with van der Waals surface area (Å²) < 4.78 is 0. The third-order valence-electron chi connectivity index (χ3n) is 3.91. The minimum atomic E-state index is -0.511. The molecule has 1 atom stereocenters. The first-order valence-corrected chi connectivity index (χ1v) is 6.49. The third kappa shape index (κ3) is 2.21. The summed E-state index contributed by atoms with van der Waals surface area (Å²) >= 11 is 0. The monoisotopic (exact) mass is 259 g/mol. The number of hydrogen-bond donors (Lipinski definition) is 3. The lowest BCUT2D eigenvalue weighted by Crippen LogP contribution is -2.50. The van der Waals surface area contributed by atoms with Crippen molar-refractivity contribution in [2.45, 2.75) is 25.3 Å². The standard InChI is InChI=1S/C14H17N3O2/c1-14(8-18,11-3-4-11)16-13(19)9-2-5-12-10(6-9)7-15-17-12/h2,5-7,11,18H,3-4,8H2,1H3,(H,15,17)(H,16,19). The Hall–Kier alpha value is -1.88. The molecule has 1 aromatic heterocycles. The predicted molar refractivity (Wildman–Crippen MR) is 71.8 cm³/mol. The van der Waals surface area contributed by atoms with Gasteiger partial charge in [0, 0.05) is 10.9 Å². The zero-order valence-electron chi connectivity index (χ0n) is 10.8. The average molecular weight is 259 g/mol. The molecule has 1 unspecified atom stereocenters. The topological polar surface area (TPSA) is 78.0 Å².